The smallest absolute Gasteiger partial charge is 0.269 e. The molecule has 0 bridgehead atoms. The van der Waals surface area contributed by atoms with Gasteiger partial charge in [-0.1, -0.05) is 0 Å². The largest absolute Gasteiger partial charge is 0.351 e. The van der Waals surface area contributed by atoms with E-state index in [1.807, 2.05) is 0 Å². The molecule has 0 saturated carbocycles. The van der Waals surface area contributed by atoms with Crippen LogP contribution in [0.3, 0.4) is 0 Å². The average Bonchev–Trinajstić information content (AvgIpc) is 2.47. The van der Waals surface area contributed by atoms with E-state index in [-0.39, 0.29) is 11.7 Å². The normalized spacial score (nSPS) is 16.5. The van der Waals surface area contributed by atoms with Crippen LogP contribution in [-0.4, -0.2) is 34.1 Å². The molecule has 1 aliphatic heterocycles. The first-order valence-electron chi connectivity index (χ1n) is 6.79. The molecule has 8 heteroatoms. The predicted octanol–water partition coefficient (Wildman–Crippen LogP) is 1.42. The fraction of sp³-hybridized carbons (Fsp3) is 0.462. The lowest BCUT2D eigenvalue weighted by atomic mass is 10.1. The highest BCUT2D eigenvalue weighted by atomic mass is 19.3. The van der Waals surface area contributed by atoms with Gasteiger partial charge in [0.25, 0.3) is 12.0 Å². The van der Waals surface area contributed by atoms with E-state index in [0.717, 1.165) is 32.0 Å². The highest BCUT2D eigenvalue weighted by Gasteiger charge is 2.16. The Labute approximate surface area is 119 Å². The molecule has 0 spiro atoms. The van der Waals surface area contributed by atoms with Crippen LogP contribution in [0.1, 0.15) is 24.8 Å². The van der Waals surface area contributed by atoms with Crippen molar-refractivity contribution in [1.29, 1.82) is 0 Å². The first-order valence-corrected chi connectivity index (χ1v) is 6.79. The number of fused-ring (bicyclic) bond motifs is 1. The Hall–Kier alpha value is -2.09. The molecular weight excluding hydrogens is 280 g/mol. The van der Waals surface area contributed by atoms with Gasteiger partial charge in [-0.05, 0) is 32.0 Å². The van der Waals surface area contributed by atoms with Crippen LogP contribution in [0.15, 0.2) is 17.1 Å². The van der Waals surface area contributed by atoms with Crippen LogP contribution in [0.2, 0.25) is 0 Å². The maximum absolute atomic E-state index is 12.7. The lowest BCUT2D eigenvalue weighted by molar-refractivity contribution is 0.150. The molecule has 0 amide bonds. The molecule has 1 saturated heterocycles. The summed E-state index contributed by atoms with van der Waals surface area (Å²) in [5.41, 5.74) is -1.12. The monoisotopic (exact) mass is 295 g/mol. The zero-order valence-electron chi connectivity index (χ0n) is 11.2. The number of aromatic nitrogens is 3. The summed E-state index contributed by atoms with van der Waals surface area (Å²) in [6, 6.07) is 1.41. The van der Waals surface area contributed by atoms with E-state index >= 15 is 0 Å². The lowest BCUT2D eigenvalue weighted by Gasteiger charge is -2.23. The fourth-order valence-electron chi connectivity index (χ4n) is 2.39. The van der Waals surface area contributed by atoms with Gasteiger partial charge in [-0.3, -0.25) is 4.79 Å². The van der Waals surface area contributed by atoms with Gasteiger partial charge in [-0.2, -0.15) is 4.98 Å². The van der Waals surface area contributed by atoms with Crippen LogP contribution in [0.5, 0.6) is 0 Å². The molecule has 1 aliphatic rings. The highest BCUT2D eigenvalue weighted by Crippen LogP contribution is 2.18. The number of aromatic amines is 1. The summed E-state index contributed by atoms with van der Waals surface area (Å²) >= 11 is 0. The second kappa shape index (κ2) is 5.72. The van der Waals surface area contributed by atoms with E-state index in [4.69, 9.17) is 0 Å². The average molecular weight is 295 g/mol. The van der Waals surface area contributed by atoms with Gasteiger partial charge in [0, 0.05) is 17.6 Å². The molecule has 3 heterocycles. The summed E-state index contributed by atoms with van der Waals surface area (Å²) in [5, 5.41) is 6.84. The third kappa shape index (κ3) is 2.99. The number of rotatable bonds is 3. The van der Waals surface area contributed by atoms with Gasteiger partial charge >= 0.3 is 0 Å². The fourth-order valence-corrected chi connectivity index (χ4v) is 2.39. The summed E-state index contributed by atoms with van der Waals surface area (Å²) < 4.78 is 25.3. The van der Waals surface area contributed by atoms with Crippen LogP contribution in [0, 0.1) is 0 Å². The summed E-state index contributed by atoms with van der Waals surface area (Å²) in [7, 11) is 0. The van der Waals surface area contributed by atoms with E-state index in [1.165, 1.54) is 6.20 Å². The number of H-pyrrole nitrogens is 1. The SMILES string of the molecule is O=c1[nH]c2nc(NC3CCNCC3)ncc2cc1C(F)F. The minimum atomic E-state index is -2.81. The van der Waals surface area contributed by atoms with Crippen molar-refractivity contribution < 1.29 is 8.78 Å². The quantitative estimate of drug-likeness (QED) is 0.797. The van der Waals surface area contributed by atoms with E-state index in [0.29, 0.717) is 11.3 Å². The Morgan fingerprint density at radius 3 is 2.81 bits per heavy atom. The molecule has 3 N–H and O–H groups in total. The van der Waals surface area contributed by atoms with Crippen molar-refractivity contribution in [3.8, 4) is 0 Å². The number of hydrogen-bond donors (Lipinski definition) is 3. The maximum atomic E-state index is 12.7. The number of nitrogens with zero attached hydrogens (tertiary/aromatic N) is 2. The molecule has 2 aromatic heterocycles. The molecule has 2 aromatic rings. The van der Waals surface area contributed by atoms with E-state index in [9.17, 15) is 13.6 Å². The number of pyridine rings is 1. The van der Waals surface area contributed by atoms with Gasteiger partial charge in [0.05, 0.1) is 5.56 Å². The molecular formula is C13H15F2N5O. The number of piperidine rings is 1. The third-order valence-corrected chi connectivity index (χ3v) is 3.53. The van der Waals surface area contributed by atoms with Gasteiger partial charge in [0.2, 0.25) is 5.95 Å². The Bertz CT molecular complexity index is 697. The van der Waals surface area contributed by atoms with Gasteiger partial charge in [0.1, 0.15) is 5.65 Å². The minimum Gasteiger partial charge on any atom is -0.351 e. The molecule has 0 atom stereocenters. The van der Waals surface area contributed by atoms with Crippen molar-refractivity contribution >= 4 is 17.0 Å². The van der Waals surface area contributed by atoms with Gasteiger partial charge in [-0.15, -0.1) is 0 Å². The second-order valence-electron chi connectivity index (χ2n) is 5.02. The molecule has 0 aromatic carbocycles. The molecule has 6 nitrogen and oxygen atoms in total. The molecule has 1 fully saturated rings. The Balaban J connectivity index is 1.89. The van der Waals surface area contributed by atoms with Crippen LogP contribution in [0.25, 0.3) is 11.0 Å². The second-order valence-corrected chi connectivity index (χ2v) is 5.02. The number of halogens is 2. The van der Waals surface area contributed by atoms with Gasteiger partial charge in [0.15, 0.2) is 0 Å². The molecule has 112 valence electrons. The zero-order valence-corrected chi connectivity index (χ0v) is 11.2. The predicted molar refractivity (Wildman–Crippen MR) is 74.6 cm³/mol. The summed E-state index contributed by atoms with van der Waals surface area (Å²) in [6.07, 6.45) is 0.545. The number of alkyl halides is 2. The van der Waals surface area contributed by atoms with Crippen LogP contribution in [0.4, 0.5) is 14.7 Å². The first kappa shape index (κ1) is 13.9. The topological polar surface area (TPSA) is 82.7 Å². The summed E-state index contributed by atoms with van der Waals surface area (Å²) in [5.74, 6) is 0.398. The number of hydrogen-bond acceptors (Lipinski definition) is 5. The van der Waals surface area contributed by atoms with Crippen molar-refractivity contribution in [2.45, 2.75) is 25.3 Å². The van der Waals surface area contributed by atoms with Gasteiger partial charge in [-0.25, -0.2) is 13.8 Å². The molecule has 0 unspecified atom stereocenters. The van der Waals surface area contributed by atoms with Gasteiger partial charge < -0.3 is 15.6 Å². The number of nitrogens with one attached hydrogen (secondary N) is 3. The van der Waals surface area contributed by atoms with Crippen molar-refractivity contribution in [2.24, 2.45) is 0 Å². The minimum absolute atomic E-state index is 0.260. The first-order chi connectivity index (χ1) is 10.1. The van der Waals surface area contributed by atoms with E-state index in [2.05, 4.69) is 25.6 Å². The number of anilines is 1. The summed E-state index contributed by atoms with van der Waals surface area (Å²) in [4.78, 5) is 22.2. The molecule has 0 aliphatic carbocycles. The standard InChI is InChI=1S/C13H15F2N5O/c14-10(15)9-5-7-6-17-13(20-11(7)19-12(9)21)18-8-1-3-16-4-2-8/h5-6,8,10,16H,1-4H2,(H2,17,18,19,20,21). The van der Waals surface area contributed by atoms with Crippen molar-refractivity contribution in [2.75, 3.05) is 18.4 Å². The maximum Gasteiger partial charge on any atom is 0.269 e. The Kier molecular flexibility index (Phi) is 3.78. The van der Waals surface area contributed by atoms with E-state index < -0.39 is 17.5 Å². The Morgan fingerprint density at radius 1 is 1.33 bits per heavy atom. The van der Waals surface area contributed by atoms with Crippen LogP contribution >= 0.6 is 0 Å². The lowest BCUT2D eigenvalue weighted by Crippen LogP contribution is -2.35. The van der Waals surface area contributed by atoms with Crippen molar-refractivity contribution in [3.05, 3.63) is 28.2 Å². The summed E-state index contributed by atoms with van der Waals surface area (Å²) in [6.45, 7) is 1.86. The van der Waals surface area contributed by atoms with Crippen molar-refractivity contribution in [1.82, 2.24) is 20.3 Å². The molecule has 0 radical (unpaired) electrons. The zero-order chi connectivity index (χ0) is 14.8. The Morgan fingerprint density at radius 2 is 2.10 bits per heavy atom. The third-order valence-electron chi connectivity index (χ3n) is 3.53. The van der Waals surface area contributed by atoms with Crippen LogP contribution in [-0.2, 0) is 0 Å². The molecule has 3 rings (SSSR count). The molecule has 21 heavy (non-hydrogen) atoms. The van der Waals surface area contributed by atoms with Crippen molar-refractivity contribution in [3.63, 3.8) is 0 Å². The van der Waals surface area contributed by atoms with Crippen LogP contribution < -0.4 is 16.2 Å². The van der Waals surface area contributed by atoms with E-state index in [1.54, 1.807) is 0 Å². The highest BCUT2D eigenvalue weighted by molar-refractivity contribution is 5.75.